The summed E-state index contributed by atoms with van der Waals surface area (Å²) in [5.74, 6) is -0.283. The van der Waals surface area contributed by atoms with Crippen molar-refractivity contribution in [3.05, 3.63) is 29.8 Å². The van der Waals surface area contributed by atoms with Crippen LogP contribution in [0.3, 0.4) is 0 Å². The summed E-state index contributed by atoms with van der Waals surface area (Å²) in [6.45, 7) is 6.61. The average molecular weight is 249 g/mol. The maximum atomic E-state index is 11.5. The third kappa shape index (κ3) is 3.23. The molecular formula is C14H23N3O. The van der Waals surface area contributed by atoms with Gasteiger partial charge in [0.05, 0.1) is 0 Å². The molecule has 1 rings (SSSR count). The lowest BCUT2D eigenvalue weighted by Crippen LogP contribution is -2.48. The molecule has 0 heterocycles. The molecule has 0 aromatic heterocycles. The molecule has 0 aliphatic rings. The second kappa shape index (κ2) is 6.40. The number of primary amides is 1. The lowest BCUT2D eigenvalue weighted by atomic mass is 10.1. The van der Waals surface area contributed by atoms with Gasteiger partial charge in [0.25, 0.3) is 0 Å². The second-order valence-electron chi connectivity index (χ2n) is 4.70. The van der Waals surface area contributed by atoms with Crippen molar-refractivity contribution in [2.24, 2.45) is 11.5 Å². The van der Waals surface area contributed by atoms with E-state index in [1.54, 1.807) is 0 Å². The third-order valence-electron chi connectivity index (χ3n) is 3.08. The van der Waals surface area contributed by atoms with Crippen LogP contribution in [0.5, 0.6) is 0 Å². The first-order valence-electron chi connectivity index (χ1n) is 6.37. The summed E-state index contributed by atoms with van der Waals surface area (Å²) in [5, 5.41) is 0. The van der Waals surface area contributed by atoms with E-state index < -0.39 is 0 Å². The first-order chi connectivity index (χ1) is 8.51. The van der Waals surface area contributed by atoms with Crippen molar-refractivity contribution in [1.82, 2.24) is 0 Å². The van der Waals surface area contributed by atoms with E-state index in [9.17, 15) is 4.79 Å². The van der Waals surface area contributed by atoms with Crippen molar-refractivity contribution in [3.63, 3.8) is 0 Å². The Morgan fingerprint density at radius 3 is 2.17 bits per heavy atom. The largest absolute Gasteiger partial charge is 0.368 e. The fourth-order valence-corrected chi connectivity index (χ4v) is 2.18. The molecule has 1 aromatic carbocycles. The number of hydrogen-bond donors (Lipinski definition) is 2. The Kier molecular flexibility index (Phi) is 5.16. The van der Waals surface area contributed by atoms with Crippen molar-refractivity contribution in [3.8, 4) is 0 Å². The molecule has 0 fully saturated rings. The standard InChI is InChI=1S/C14H23N3O/c1-4-13(14(16)18)17(10(2)3)12-7-5-11(9-15)6-8-12/h5-8,10,13H,4,9,15H2,1-3H3,(H2,16,18). The molecule has 4 nitrogen and oxygen atoms in total. The fourth-order valence-electron chi connectivity index (χ4n) is 2.18. The van der Waals surface area contributed by atoms with Crippen molar-refractivity contribution in [2.75, 3.05) is 4.90 Å². The molecule has 0 aliphatic carbocycles. The fraction of sp³-hybridized carbons (Fsp3) is 0.500. The summed E-state index contributed by atoms with van der Waals surface area (Å²) in [4.78, 5) is 13.6. The van der Waals surface area contributed by atoms with Gasteiger partial charge in [0, 0.05) is 18.3 Å². The van der Waals surface area contributed by atoms with E-state index in [1.165, 1.54) is 0 Å². The lowest BCUT2D eigenvalue weighted by Gasteiger charge is -2.34. The van der Waals surface area contributed by atoms with E-state index >= 15 is 0 Å². The van der Waals surface area contributed by atoms with E-state index in [4.69, 9.17) is 11.5 Å². The molecule has 18 heavy (non-hydrogen) atoms. The average Bonchev–Trinajstić information content (AvgIpc) is 2.35. The highest BCUT2D eigenvalue weighted by Gasteiger charge is 2.24. The molecule has 0 bridgehead atoms. The van der Waals surface area contributed by atoms with Crippen LogP contribution in [0.2, 0.25) is 0 Å². The Hall–Kier alpha value is -1.55. The first-order valence-corrected chi connectivity index (χ1v) is 6.37. The van der Waals surface area contributed by atoms with E-state index in [2.05, 4.69) is 18.7 Å². The number of rotatable bonds is 6. The van der Waals surface area contributed by atoms with Gasteiger partial charge >= 0.3 is 0 Å². The van der Waals surface area contributed by atoms with Crippen LogP contribution in [0, 0.1) is 0 Å². The minimum atomic E-state index is -0.283. The van der Waals surface area contributed by atoms with Crippen LogP contribution in [-0.4, -0.2) is 18.0 Å². The highest BCUT2D eigenvalue weighted by Crippen LogP contribution is 2.22. The van der Waals surface area contributed by atoms with Gasteiger partial charge in [0.2, 0.25) is 5.91 Å². The van der Waals surface area contributed by atoms with Crippen LogP contribution in [0.25, 0.3) is 0 Å². The quantitative estimate of drug-likeness (QED) is 0.804. The molecule has 1 amide bonds. The lowest BCUT2D eigenvalue weighted by molar-refractivity contribution is -0.119. The number of carbonyl (C=O) groups excluding carboxylic acids is 1. The van der Waals surface area contributed by atoms with Crippen molar-refractivity contribution < 1.29 is 4.79 Å². The van der Waals surface area contributed by atoms with E-state index in [1.807, 2.05) is 31.2 Å². The van der Waals surface area contributed by atoms with Crippen molar-refractivity contribution in [2.45, 2.75) is 45.8 Å². The predicted octanol–water partition coefficient (Wildman–Crippen LogP) is 1.62. The summed E-state index contributed by atoms with van der Waals surface area (Å²) in [7, 11) is 0. The summed E-state index contributed by atoms with van der Waals surface area (Å²) in [5.41, 5.74) is 13.1. The Bertz CT molecular complexity index is 387. The summed E-state index contributed by atoms with van der Waals surface area (Å²) in [6.07, 6.45) is 0.701. The number of anilines is 1. The monoisotopic (exact) mass is 249 g/mol. The summed E-state index contributed by atoms with van der Waals surface area (Å²) in [6, 6.07) is 7.90. The van der Waals surface area contributed by atoms with Gasteiger partial charge in [-0.25, -0.2) is 0 Å². The van der Waals surface area contributed by atoms with Crippen LogP contribution in [-0.2, 0) is 11.3 Å². The van der Waals surface area contributed by atoms with Crippen molar-refractivity contribution in [1.29, 1.82) is 0 Å². The van der Waals surface area contributed by atoms with Gasteiger partial charge in [-0.3, -0.25) is 4.79 Å². The van der Waals surface area contributed by atoms with Gasteiger partial charge in [-0.05, 0) is 38.0 Å². The molecule has 4 heteroatoms. The Morgan fingerprint density at radius 2 is 1.83 bits per heavy atom. The Morgan fingerprint density at radius 1 is 1.28 bits per heavy atom. The molecule has 1 unspecified atom stereocenters. The predicted molar refractivity (Wildman–Crippen MR) is 75.2 cm³/mol. The number of nitrogens with zero attached hydrogens (tertiary/aromatic N) is 1. The summed E-state index contributed by atoms with van der Waals surface area (Å²) >= 11 is 0. The van der Waals surface area contributed by atoms with E-state index in [0.29, 0.717) is 13.0 Å². The molecule has 4 N–H and O–H groups in total. The van der Waals surface area contributed by atoms with Gasteiger partial charge in [-0.1, -0.05) is 19.1 Å². The number of nitrogens with two attached hydrogens (primary N) is 2. The molecule has 1 aromatic rings. The normalized spacial score (nSPS) is 12.5. The highest BCUT2D eigenvalue weighted by molar-refractivity contribution is 5.83. The number of amides is 1. The molecular weight excluding hydrogens is 226 g/mol. The molecule has 0 saturated heterocycles. The molecule has 0 aliphatic heterocycles. The Labute approximate surface area is 109 Å². The van der Waals surface area contributed by atoms with Gasteiger partial charge < -0.3 is 16.4 Å². The van der Waals surface area contributed by atoms with E-state index in [-0.39, 0.29) is 18.0 Å². The van der Waals surface area contributed by atoms with Crippen LogP contribution >= 0.6 is 0 Å². The van der Waals surface area contributed by atoms with Crippen molar-refractivity contribution >= 4 is 11.6 Å². The van der Waals surface area contributed by atoms with E-state index in [0.717, 1.165) is 11.3 Å². The van der Waals surface area contributed by atoms with Crippen LogP contribution in [0.1, 0.15) is 32.8 Å². The maximum absolute atomic E-state index is 11.5. The zero-order valence-electron chi connectivity index (χ0n) is 11.4. The number of hydrogen-bond acceptors (Lipinski definition) is 3. The zero-order chi connectivity index (χ0) is 13.7. The Balaban J connectivity index is 3.06. The van der Waals surface area contributed by atoms with Gasteiger partial charge in [-0.15, -0.1) is 0 Å². The number of benzene rings is 1. The zero-order valence-corrected chi connectivity index (χ0v) is 11.4. The van der Waals surface area contributed by atoms with Gasteiger partial charge in [-0.2, -0.15) is 0 Å². The topological polar surface area (TPSA) is 72.4 Å². The highest BCUT2D eigenvalue weighted by atomic mass is 16.1. The molecule has 0 saturated carbocycles. The number of carbonyl (C=O) groups is 1. The smallest absolute Gasteiger partial charge is 0.240 e. The minimum absolute atomic E-state index is 0.214. The SMILES string of the molecule is CCC(C(N)=O)N(c1ccc(CN)cc1)C(C)C. The summed E-state index contributed by atoms with van der Waals surface area (Å²) < 4.78 is 0. The maximum Gasteiger partial charge on any atom is 0.240 e. The molecule has 1 atom stereocenters. The van der Waals surface area contributed by atoms with Crippen LogP contribution in [0.15, 0.2) is 24.3 Å². The van der Waals surface area contributed by atoms with Crippen LogP contribution < -0.4 is 16.4 Å². The second-order valence-corrected chi connectivity index (χ2v) is 4.70. The van der Waals surface area contributed by atoms with Gasteiger partial charge in [0.1, 0.15) is 6.04 Å². The minimum Gasteiger partial charge on any atom is -0.368 e. The van der Waals surface area contributed by atoms with Crippen LogP contribution in [0.4, 0.5) is 5.69 Å². The molecule has 0 radical (unpaired) electrons. The molecule has 100 valence electrons. The third-order valence-corrected chi connectivity index (χ3v) is 3.08. The first kappa shape index (κ1) is 14.5. The molecule has 0 spiro atoms. The van der Waals surface area contributed by atoms with Gasteiger partial charge in [0.15, 0.2) is 0 Å².